The smallest absolute Gasteiger partial charge is 0.349 e. The number of hydrogen-bond acceptors (Lipinski definition) is 2. The molecule has 68 valence electrons. The summed E-state index contributed by atoms with van der Waals surface area (Å²) in [6.45, 7) is 1.96. The molecule has 0 amide bonds. The lowest BCUT2D eigenvalue weighted by molar-refractivity contribution is -0.139. The van der Waals surface area contributed by atoms with E-state index in [1.54, 1.807) is 0 Å². The Hall–Kier alpha value is -1.42. The fourth-order valence-corrected chi connectivity index (χ4v) is 0.747. The van der Waals surface area contributed by atoms with E-state index in [9.17, 15) is 4.79 Å². The maximum absolute atomic E-state index is 10.5. The van der Waals surface area contributed by atoms with Crippen molar-refractivity contribution in [1.82, 2.24) is 5.43 Å². The van der Waals surface area contributed by atoms with Crippen molar-refractivity contribution < 1.29 is 9.90 Å². The van der Waals surface area contributed by atoms with E-state index in [-0.39, 0.29) is 0 Å². The number of azide groups is 1. The zero-order valence-electron chi connectivity index (χ0n) is 6.90. The van der Waals surface area contributed by atoms with Crippen molar-refractivity contribution in [1.29, 1.82) is 0 Å². The Morgan fingerprint density at radius 3 is 2.92 bits per heavy atom. The molecular weight excluding hydrogens is 160 g/mol. The summed E-state index contributed by atoms with van der Waals surface area (Å²) in [5, 5.41) is 11.6. The Bertz CT molecular complexity index is 188. The fourth-order valence-electron chi connectivity index (χ4n) is 0.747. The number of aliphatic carboxylic acids is 1. The summed E-state index contributed by atoms with van der Waals surface area (Å²) in [5.41, 5.74) is 10.1. The van der Waals surface area contributed by atoms with Gasteiger partial charge in [0, 0.05) is 0 Å². The summed E-state index contributed by atoms with van der Waals surface area (Å²) < 4.78 is 0. The molecule has 1 atom stereocenters. The molecule has 0 saturated carbocycles. The molecule has 0 aliphatic carbocycles. The average molecular weight is 172 g/mol. The molecule has 0 heterocycles. The lowest BCUT2D eigenvalue weighted by atomic mass is 10.1. The van der Waals surface area contributed by atoms with Crippen LogP contribution in [-0.2, 0) is 4.79 Å². The number of carboxylic acids is 1. The van der Waals surface area contributed by atoms with Crippen LogP contribution in [0.3, 0.4) is 0 Å². The highest BCUT2D eigenvalue weighted by atomic mass is 16.4. The van der Waals surface area contributed by atoms with Crippen molar-refractivity contribution in [3.8, 4) is 0 Å². The summed E-state index contributed by atoms with van der Waals surface area (Å²) in [6, 6.07) is -0.763. The number of rotatable bonds is 6. The van der Waals surface area contributed by atoms with E-state index in [4.69, 9.17) is 10.6 Å². The average Bonchev–Trinajstić information content (AvgIpc) is 2.04. The van der Waals surface area contributed by atoms with Crippen molar-refractivity contribution in [2.75, 3.05) is 0 Å². The van der Waals surface area contributed by atoms with Gasteiger partial charge in [-0.1, -0.05) is 13.3 Å². The van der Waals surface area contributed by atoms with Gasteiger partial charge in [0.15, 0.2) is 6.04 Å². The zero-order valence-corrected chi connectivity index (χ0v) is 6.90. The van der Waals surface area contributed by atoms with E-state index < -0.39 is 12.0 Å². The molecule has 0 aliphatic heterocycles. The topological polar surface area (TPSA) is 98.1 Å². The van der Waals surface area contributed by atoms with Gasteiger partial charge in [-0.25, -0.2) is 10.2 Å². The number of unbranched alkanes of at least 4 members (excludes halogenated alkanes) is 1. The molecular formula is C6H12N4O2. The molecule has 0 aromatic rings. The maximum atomic E-state index is 10.5. The summed E-state index contributed by atoms with van der Waals surface area (Å²) in [6.07, 6.45) is 2.19. The van der Waals surface area contributed by atoms with Crippen LogP contribution < -0.4 is 5.43 Å². The lowest BCUT2D eigenvalue weighted by Gasteiger charge is -2.05. The molecule has 0 unspecified atom stereocenters. The molecule has 0 aliphatic rings. The van der Waals surface area contributed by atoms with Gasteiger partial charge in [0.05, 0.1) is 0 Å². The molecule has 0 fully saturated rings. The Morgan fingerprint density at radius 2 is 2.50 bits per heavy atom. The Labute approximate surface area is 70.2 Å². The lowest BCUT2D eigenvalue weighted by Crippen LogP contribution is -2.32. The van der Waals surface area contributed by atoms with Crippen LogP contribution in [0, 0.1) is 0 Å². The Balaban J connectivity index is 3.86. The number of carbonyl (C=O) groups is 1. The third-order valence-corrected chi connectivity index (χ3v) is 1.40. The second-order valence-electron chi connectivity index (χ2n) is 2.35. The van der Waals surface area contributed by atoms with Crippen molar-refractivity contribution in [2.24, 2.45) is 5.22 Å². The van der Waals surface area contributed by atoms with E-state index >= 15 is 0 Å². The Morgan fingerprint density at radius 1 is 1.83 bits per heavy atom. The minimum atomic E-state index is -0.990. The quantitative estimate of drug-likeness (QED) is 0.274. The number of nitrogens with one attached hydrogen (secondary N) is 1. The Kier molecular flexibility index (Phi) is 5.55. The van der Waals surface area contributed by atoms with E-state index in [1.165, 1.54) is 0 Å². The van der Waals surface area contributed by atoms with Gasteiger partial charge in [-0.05, 0) is 18.1 Å². The normalized spacial score (nSPS) is 11.4. The molecule has 0 spiro atoms. The van der Waals surface area contributed by atoms with Crippen molar-refractivity contribution in [3.63, 3.8) is 0 Å². The monoisotopic (exact) mass is 172 g/mol. The molecule has 0 bridgehead atoms. The summed E-state index contributed by atoms with van der Waals surface area (Å²) >= 11 is 0. The highest BCUT2D eigenvalue weighted by Gasteiger charge is 2.17. The highest BCUT2D eigenvalue weighted by Crippen LogP contribution is 2.00. The third-order valence-electron chi connectivity index (χ3n) is 1.40. The summed E-state index contributed by atoms with van der Waals surface area (Å²) in [7, 11) is 0. The van der Waals surface area contributed by atoms with Gasteiger partial charge in [0.25, 0.3) is 0 Å². The van der Waals surface area contributed by atoms with Crippen molar-refractivity contribution in [2.45, 2.75) is 32.2 Å². The van der Waals surface area contributed by atoms with Crippen molar-refractivity contribution in [3.05, 3.63) is 10.4 Å². The van der Waals surface area contributed by atoms with Crippen LogP contribution in [0.25, 0.3) is 10.4 Å². The van der Waals surface area contributed by atoms with Crippen LogP contribution in [0.1, 0.15) is 26.2 Å². The van der Waals surface area contributed by atoms with Crippen LogP contribution in [-0.4, -0.2) is 17.1 Å². The largest absolute Gasteiger partial charge is 0.478 e. The van der Waals surface area contributed by atoms with Crippen molar-refractivity contribution >= 4 is 5.97 Å². The molecule has 0 aromatic heterocycles. The highest BCUT2D eigenvalue weighted by molar-refractivity contribution is 5.73. The van der Waals surface area contributed by atoms with Crippen LogP contribution in [0.15, 0.2) is 5.22 Å². The molecule has 2 N–H and O–H groups in total. The minimum Gasteiger partial charge on any atom is -0.478 e. The van der Waals surface area contributed by atoms with Gasteiger partial charge in [-0.3, -0.25) is 0 Å². The van der Waals surface area contributed by atoms with E-state index in [2.05, 4.69) is 15.6 Å². The second-order valence-corrected chi connectivity index (χ2v) is 2.35. The number of hydrogen-bond donors (Lipinski definition) is 2. The van der Waals surface area contributed by atoms with E-state index in [1.807, 2.05) is 6.92 Å². The van der Waals surface area contributed by atoms with E-state index in [0.29, 0.717) is 6.42 Å². The summed E-state index contributed by atoms with van der Waals surface area (Å²) in [5.74, 6) is -0.990. The zero-order chi connectivity index (χ0) is 9.40. The standard InChI is InChI=1S/C6H12N4O2/c1-2-3-4-5(6(11)12)8-10-9-7/h5,8H,2-4H2,1H3,(H,11,12)/t5-/m1/s1. The SMILES string of the molecule is CCCC[C@@H](NN=[N+]=[N-])C(=O)O. The van der Waals surface area contributed by atoms with Gasteiger partial charge >= 0.3 is 5.97 Å². The first-order valence-electron chi connectivity index (χ1n) is 3.74. The van der Waals surface area contributed by atoms with Gasteiger partial charge < -0.3 is 5.11 Å². The minimum absolute atomic E-state index is 0.477. The number of carboxylic acid groups (broad SMARTS) is 1. The van der Waals surface area contributed by atoms with Crippen LogP contribution in [0.4, 0.5) is 0 Å². The first kappa shape index (κ1) is 10.6. The summed E-state index contributed by atoms with van der Waals surface area (Å²) in [4.78, 5) is 12.9. The molecule has 6 nitrogen and oxygen atoms in total. The van der Waals surface area contributed by atoms with Gasteiger partial charge in [-0.15, -0.1) is 5.53 Å². The van der Waals surface area contributed by atoms with Gasteiger partial charge in [-0.2, -0.15) is 4.91 Å². The molecule has 6 heteroatoms. The van der Waals surface area contributed by atoms with Gasteiger partial charge in [0.2, 0.25) is 0 Å². The van der Waals surface area contributed by atoms with Crippen LogP contribution in [0.5, 0.6) is 0 Å². The first-order valence-corrected chi connectivity index (χ1v) is 3.74. The predicted molar refractivity (Wildman–Crippen MR) is 43.2 cm³/mol. The maximum Gasteiger partial charge on any atom is 0.349 e. The first-order chi connectivity index (χ1) is 5.72. The van der Waals surface area contributed by atoms with E-state index in [0.717, 1.165) is 12.8 Å². The third kappa shape index (κ3) is 4.40. The molecule has 0 saturated heterocycles. The fraction of sp³-hybridized carbons (Fsp3) is 0.833. The number of nitrogens with zero attached hydrogens (tertiary/aromatic N) is 3. The van der Waals surface area contributed by atoms with Gasteiger partial charge in [0.1, 0.15) is 0 Å². The van der Waals surface area contributed by atoms with Crippen LogP contribution >= 0.6 is 0 Å². The molecule has 0 rings (SSSR count). The van der Waals surface area contributed by atoms with Crippen LogP contribution in [0.2, 0.25) is 0 Å². The predicted octanol–water partition coefficient (Wildman–Crippen LogP) is 1.44. The second kappa shape index (κ2) is 6.30. The molecule has 12 heavy (non-hydrogen) atoms. The molecule has 0 radical (unpaired) electrons. The molecule has 0 aromatic carbocycles.